The van der Waals surface area contributed by atoms with Crippen LogP contribution < -0.4 is 33.8 Å². The fourth-order valence-corrected chi connectivity index (χ4v) is 5.52. The molecule has 1 aliphatic rings. The minimum absolute atomic E-state index is 0.0683. The molecule has 214 valence electrons. The Kier molecular flexibility index (Phi) is 9.20. The summed E-state index contributed by atoms with van der Waals surface area (Å²) in [7, 11) is 3.07. The monoisotopic (exact) mass is 576 g/mol. The van der Waals surface area contributed by atoms with Crippen molar-refractivity contribution < 1.29 is 28.5 Å². The van der Waals surface area contributed by atoms with E-state index < -0.39 is 12.0 Å². The Balaban J connectivity index is 1.89. The molecule has 10 heteroatoms. The van der Waals surface area contributed by atoms with Crippen LogP contribution >= 0.6 is 11.3 Å². The van der Waals surface area contributed by atoms with Gasteiger partial charge in [0, 0.05) is 0 Å². The van der Waals surface area contributed by atoms with E-state index in [-0.39, 0.29) is 30.5 Å². The maximum Gasteiger partial charge on any atom is 0.338 e. The number of thiazole rings is 1. The van der Waals surface area contributed by atoms with Crippen molar-refractivity contribution >= 4 is 23.4 Å². The van der Waals surface area contributed by atoms with Gasteiger partial charge in [-0.05, 0) is 69.2 Å². The lowest BCUT2D eigenvalue weighted by Gasteiger charge is -2.25. The summed E-state index contributed by atoms with van der Waals surface area (Å²) < 4.78 is 29.8. The van der Waals surface area contributed by atoms with E-state index in [1.807, 2.05) is 19.9 Å². The molecule has 1 aromatic heterocycles. The molecule has 0 saturated carbocycles. The summed E-state index contributed by atoms with van der Waals surface area (Å²) in [5, 5.41) is 0. The molecule has 0 unspecified atom stereocenters. The molecule has 9 nitrogen and oxygen atoms in total. The van der Waals surface area contributed by atoms with Gasteiger partial charge in [0.15, 0.2) is 27.8 Å². The first-order valence-electron chi connectivity index (χ1n) is 13.0. The van der Waals surface area contributed by atoms with Crippen molar-refractivity contribution in [1.29, 1.82) is 0 Å². The highest BCUT2D eigenvalue weighted by Crippen LogP contribution is 2.36. The number of allylic oxidation sites excluding steroid dienone is 1. The predicted molar refractivity (Wildman–Crippen MR) is 156 cm³/mol. The van der Waals surface area contributed by atoms with Crippen molar-refractivity contribution in [3.05, 3.63) is 78.5 Å². The SMILES string of the molecule is C#CCOc1ccc(/C=c2\sc3n(c2=O)[C@H](c2ccc(OC(C)C)c(OC)c2)C(C(=O)OCC)=C(C)N=3)cc1OC. The molecule has 0 spiro atoms. The molecule has 2 aromatic carbocycles. The first kappa shape index (κ1) is 29.5. The zero-order valence-electron chi connectivity index (χ0n) is 23.8. The van der Waals surface area contributed by atoms with E-state index in [1.54, 1.807) is 57.4 Å². The van der Waals surface area contributed by atoms with Crippen LogP contribution in [0.2, 0.25) is 0 Å². The van der Waals surface area contributed by atoms with Gasteiger partial charge in [-0.15, -0.1) is 6.42 Å². The third-order valence-corrected chi connectivity index (χ3v) is 7.16. The van der Waals surface area contributed by atoms with E-state index in [0.717, 1.165) is 5.56 Å². The quantitative estimate of drug-likeness (QED) is 0.269. The minimum Gasteiger partial charge on any atom is -0.493 e. The molecule has 0 radical (unpaired) electrons. The Hall–Kier alpha value is -4.49. The highest BCUT2D eigenvalue weighted by molar-refractivity contribution is 7.07. The average molecular weight is 577 g/mol. The van der Waals surface area contributed by atoms with E-state index in [1.165, 1.54) is 23.0 Å². The number of rotatable bonds is 10. The van der Waals surface area contributed by atoms with Crippen LogP contribution in [0.15, 0.2) is 57.5 Å². The maximum absolute atomic E-state index is 13.9. The maximum atomic E-state index is 13.9. The molecule has 0 bridgehead atoms. The molecular formula is C31H32N2O7S. The lowest BCUT2D eigenvalue weighted by molar-refractivity contribution is -0.139. The number of benzene rings is 2. The van der Waals surface area contributed by atoms with Crippen molar-refractivity contribution in [3.63, 3.8) is 0 Å². The highest BCUT2D eigenvalue weighted by atomic mass is 32.1. The van der Waals surface area contributed by atoms with Crippen LogP contribution in [0.25, 0.3) is 6.08 Å². The molecule has 3 aromatic rings. The highest BCUT2D eigenvalue weighted by Gasteiger charge is 2.34. The number of carbonyl (C=O) groups excluding carboxylic acids is 1. The number of hydrogen-bond acceptors (Lipinski definition) is 9. The summed E-state index contributed by atoms with van der Waals surface area (Å²) in [6, 6.07) is 9.88. The van der Waals surface area contributed by atoms with Gasteiger partial charge in [0.05, 0.1) is 48.8 Å². The van der Waals surface area contributed by atoms with Gasteiger partial charge >= 0.3 is 5.97 Å². The summed E-state index contributed by atoms with van der Waals surface area (Å²) in [5.41, 5.74) is 1.82. The second kappa shape index (κ2) is 12.8. The molecule has 0 aliphatic carbocycles. The first-order valence-corrected chi connectivity index (χ1v) is 13.8. The van der Waals surface area contributed by atoms with Crippen LogP contribution in [0.5, 0.6) is 23.0 Å². The zero-order valence-corrected chi connectivity index (χ0v) is 24.7. The van der Waals surface area contributed by atoms with Gasteiger partial charge in [-0.2, -0.15) is 0 Å². The average Bonchev–Trinajstić information content (AvgIpc) is 3.25. The normalized spacial score (nSPS) is 14.7. The number of hydrogen-bond donors (Lipinski definition) is 0. The standard InChI is InChI=1S/C31H32N2O7S/c1-8-14-39-22-12-10-20(15-24(22)36-6)16-26-29(34)33-28(21-11-13-23(40-18(3)4)25(17-21)37-7)27(30(35)38-9-2)19(5)32-31(33)41-26/h1,10-13,15-18,28H,9,14H2,2-7H3/b26-16-/t28-/m1/s1. The number of methoxy groups -OCH3 is 2. The van der Waals surface area contributed by atoms with E-state index >= 15 is 0 Å². The van der Waals surface area contributed by atoms with Crippen molar-refractivity contribution in [2.45, 2.75) is 39.8 Å². The molecule has 0 amide bonds. The van der Waals surface area contributed by atoms with Gasteiger partial charge in [0.25, 0.3) is 5.56 Å². The van der Waals surface area contributed by atoms with Crippen molar-refractivity contribution in [2.75, 3.05) is 27.4 Å². The van der Waals surface area contributed by atoms with Crippen LogP contribution in [0.4, 0.5) is 0 Å². The van der Waals surface area contributed by atoms with E-state index in [0.29, 0.717) is 43.6 Å². The van der Waals surface area contributed by atoms with Gasteiger partial charge in [-0.3, -0.25) is 9.36 Å². The van der Waals surface area contributed by atoms with Gasteiger partial charge in [-0.25, -0.2) is 9.79 Å². The van der Waals surface area contributed by atoms with Crippen molar-refractivity contribution in [1.82, 2.24) is 4.57 Å². The summed E-state index contributed by atoms with van der Waals surface area (Å²) >= 11 is 1.23. The molecule has 0 saturated heterocycles. The summed E-state index contributed by atoms with van der Waals surface area (Å²) in [6.45, 7) is 7.60. The molecule has 2 heterocycles. The topological polar surface area (TPSA) is 97.6 Å². The molecule has 1 aliphatic heterocycles. The van der Waals surface area contributed by atoms with Gasteiger partial charge in [0.2, 0.25) is 0 Å². The molecule has 1 atom stereocenters. The number of nitrogens with zero attached hydrogens (tertiary/aromatic N) is 2. The minimum atomic E-state index is -0.788. The summed E-state index contributed by atoms with van der Waals surface area (Å²) in [5.74, 6) is 3.90. The Morgan fingerprint density at radius 2 is 1.83 bits per heavy atom. The molecule has 41 heavy (non-hydrogen) atoms. The second-order valence-corrected chi connectivity index (χ2v) is 10.3. The third-order valence-electron chi connectivity index (χ3n) is 6.18. The van der Waals surface area contributed by atoms with E-state index in [4.69, 9.17) is 30.1 Å². The zero-order chi connectivity index (χ0) is 29.7. The van der Waals surface area contributed by atoms with E-state index in [2.05, 4.69) is 10.9 Å². The number of fused-ring (bicyclic) bond motifs is 1. The predicted octanol–water partition coefficient (Wildman–Crippen LogP) is 3.61. The first-order chi connectivity index (χ1) is 19.7. The molecule has 0 N–H and O–H groups in total. The number of terminal acetylenes is 1. The number of aromatic nitrogens is 1. The van der Waals surface area contributed by atoms with Crippen LogP contribution in [0.1, 0.15) is 44.9 Å². The van der Waals surface area contributed by atoms with Crippen molar-refractivity contribution in [3.8, 4) is 35.3 Å². The largest absolute Gasteiger partial charge is 0.493 e. The Morgan fingerprint density at radius 3 is 2.49 bits per heavy atom. The smallest absolute Gasteiger partial charge is 0.338 e. The second-order valence-electron chi connectivity index (χ2n) is 9.28. The fourth-order valence-electron chi connectivity index (χ4n) is 4.48. The lowest BCUT2D eigenvalue weighted by atomic mass is 9.95. The fraction of sp³-hybridized carbons (Fsp3) is 0.323. The number of ether oxygens (including phenoxy) is 5. The molecular weight excluding hydrogens is 544 g/mol. The Labute approximate surface area is 242 Å². The third kappa shape index (κ3) is 6.15. The van der Waals surface area contributed by atoms with Crippen LogP contribution in [-0.4, -0.2) is 44.1 Å². The Morgan fingerprint density at radius 1 is 1.12 bits per heavy atom. The van der Waals surface area contributed by atoms with Gasteiger partial charge in [-0.1, -0.05) is 29.4 Å². The number of carbonyl (C=O) groups is 1. The molecule has 0 fully saturated rings. The van der Waals surface area contributed by atoms with Gasteiger partial charge in [0.1, 0.15) is 6.61 Å². The Bertz CT molecular complexity index is 1710. The van der Waals surface area contributed by atoms with Crippen LogP contribution in [0.3, 0.4) is 0 Å². The van der Waals surface area contributed by atoms with Crippen LogP contribution in [-0.2, 0) is 9.53 Å². The van der Waals surface area contributed by atoms with Gasteiger partial charge < -0.3 is 23.7 Å². The summed E-state index contributed by atoms with van der Waals surface area (Å²) in [4.78, 5) is 32.2. The lowest BCUT2D eigenvalue weighted by Crippen LogP contribution is -2.40. The van der Waals surface area contributed by atoms with E-state index in [9.17, 15) is 9.59 Å². The van der Waals surface area contributed by atoms with Crippen LogP contribution in [0, 0.1) is 12.3 Å². The summed E-state index contributed by atoms with van der Waals surface area (Å²) in [6.07, 6.45) is 6.98. The van der Waals surface area contributed by atoms with Crippen molar-refractivity contribution in [2.24, 2.45) is 4.99 Å². The molecule has 4 rings (SSSR count). The number of esters is 1.